The van der Waals surface area contributed by atoms with Crippen molar-refractivity contribution in [1.82, 2.24) is 5.32 Å². The fraction of sp³-hybridized carbons (Fsp3) is 0.746. The Bertz CT molecular complexity index is 1560. The SMILES string of the molecule is CC/C=C\C/C=C\C/C=C\C/C=C\C/C=C\C/C=C\CCCCCCC(=O)NC(COP(=O)([O-])OCC[N+](C)(C)C)C(O)/C=C/CC/C=C/CCCCCCCCCCCCCCCCCCCCCCCCCCC. The molecule has 0 spiro atoms. The second kappa shape index (κ2) is 57.1. The molecule has 0 aromatic heterocycles. The summed E-state index contributed by atoms with van der Waals surface area (Å²) in [6, 6.07) is -0.926. The van der Waals surface area contributed by atoms with E-state index in [9.17, 15) is 19.4 Å². The Kier molecular flexibility index (Phi) is 55.2. The van der Waals surface area contributed by atoms with Crippen molar-refractivity contribution in [3.8, 4) is 0 Å². The lowest BCUT2D eigenvalue weighted by Crippen LogP contribution is -2.45. The van der Waals surface area contributed by atoms with Crippen molar-refractivity contribution in [1.29, 1.82) is 0 Å². The van der Waals surface area contributed by atoms with E-state index in [-0.39, 0.29) is 12.5 Å². The van der Waals surface area contributed by atoms with Crippen LogP contribution in [0.5, 0.6) is 0 Å². The molecule has 440 valence electrons. The number of phosphoric ester groups is 1. The van der Waals surface area contributed by atoms with Gasteiger partial charge in [0.1, 0.15) is 13.2 Å². The van der Waals surface area contributed by atoms with Crippen LogP contribution in [0.15, 0.2) is 97.2 Å². The van der Waals surface area contributed by atoms with Crippen molar-refractivity contribution in [2.45, 2.75) is 283 Å². The molecular formula is C67H121N2O6P. The monoisotopic (exact) mass is 1080 g/mol. The first-order chi connectivity index (χ1) is 37.0. The van der Waals surface area contributed by atoms with Gasteiger partial charge >= 0.3 is 0 Å². The molecule has 0 fully saturated rings. The minimum Gasteiger partial charge on any atom is -0.756 e. The minimum absolute atomic E-state index is 0.0168. The van der Waals surface area contributed by atoms with Crippen LogP contribution in [0.4, 0.5) is 0 Å². The normalized spacial score (nSPS) is 14.5. The molecule has 0 aliphatic heterocycles. The predicted molar refractivity (Wildman–Crippen MR) is 329 cm³/mol. The third-order valence-electron chi connectivity index (χ3n) is 13.8. The van der Waals surface area contributed by atoms with Gasteiger partial charge in [-0.1, -0.05) is 278 Å². The number of amides is 1. The van der Waals surface area contributed by atoms with Gasteiger partial charge in [0, 0.05) is 6.42 Å². The number of nitrogens with one attached hydrogen (secondary N) is 1. The van der Waals surface area contributed by atoms with Crippen LogP contribution in [0.2, 0.25) is 0 Å². The lowest BCUT2D eigenvalue weighted by atomic mass is 10.0. The fourth-order valence-electron chi connectivity index (χ4n) is 8.88. The van der Waals surface area contributed by atoms with E-state index in [1.54, 1.807) is 6.08 Å². The highest BCUT2D eigenvalue weighted by molar-refractivity contribution is 7.45. The first-order valence-corrected chi connectivity index (χ1v) is 33.1. The van der Waals surface area contributed by atoms with Crippen molar-refractivity contribution in [3.63, 3.8) is 0 Å². The topological polar surface area (TPSA) is 108 Å². The molecule has 0 rings (SSSR count). The van der Waals surface area contributed by atoms with Crippen LogP contribution >= 0.6 is 7.82 Å². The van der Waals surface area contributed by atoms with E-state index in [4.69, 9.17) is 9.05 Å². The second-order valence-electron chi connectivity index (χ2n) is 22.4. The molecule has 0 bridgehead atoms. The van der Waals surface area contributed by atoms with Crippen molar-refractivity contribution in [2.24, 2.45) is 0 Å². The van der Waals surface area contributed by atoms with Crippen LogP contribution in [0, 0.1) is 0 Å². The smallest absolute Gasteiger partial charge is 0.268 e. The maximum Gasteiger partial charge on any atom is 0.268 e. The van der Waals surface area contributed by atoms with E-state index >= 15 is 0 Å². The van der Waals surface area contributed by atoms with Gasteiger partial charge in [-0.15, -0.1) is 0 Å². The number of nitrogens with zero attached hydrogens (tertiary/aromatic N) is 1. The fourth-order valence-corrected chi connectivity index (χ4v) is 9.60. The standard InChI is InChI=1S/C67H121N2O6P/c1-6-8-10-12-14-16-18-20-22-24-26-28-30-31-32-33-34-35-36-37-39-40-42-44-46-48-50-52-54-56-58-60-66(70)65(64-75-76(72,73)74-63-62-69(3,4)5)68-67(71)61-59-57-55-53-51-49-47-45-43-41-38-29-27-25-23-21-19-17-15-13-11-9-7-2/h9,11,15,17,21,23,27,29,41,43,47,49-50,52,58,60,65-66,70H,6-8,10,12-14,16,18-20,22,24-26,28,30-40,42,44-46,48,51,53-57,59,61-64H2,1-5H3,(H-,68,71,72,73)/b11-9-,17-15-,23-21-,29-27-,43-41-,49-47-,52-50+,60-58+. The highest BCUT2D eigenvalue weighted by Gasteiger charge is 2.23. The highest BCUT2D eigenvalue weighted by Crippen LogP contribution is 2.38. The number of carbonyl (C=O) groups excluding carboxylic acids is 1. The number of unbranched alkanes of at least 4 members (excludes halogenated alkanes) is 30. The van der Waals surface area contributed by atoms with Gasteiger partial charge in [0.15, 0.2) is 0 Å². The molecule has 0 aliphatic rings. The van der Waals surface area contributed by atoms with E-state index in [0.717, 1.165) is 89.9 Å². The van der Waals surface area contributed by atoms with Gasteiger partial charge in [0.2, 0.25) is 5.91 Å². The summed E-state index contributed by atoms with van der Waals surface area (Å²) < 4.78 is 23.4. The predicted octanol–water partition coefficient (Wildman–Crippen LogP) is 19.1. The molecule has 76 heavy (non-hydrogen) atoms. The van der Waals surface area contributed by atoms with Crippen molar-refractivity contribution in [3.05, 3.63) is 97.2 Å². The Morgan fingerprint density at radius 2 is 0.816 bits per heavy atom. The number of hydrogen-bond acceptors (Lipinski definition) is 6. The average Bonchev–Trinajstić information content (AvgIpc) is 3.38. The third-order valence-corrected chi connectivity index (χ3v) is 14.7. The summed E-state index contributed by atoms with van der Waals surface area (Å²) in [6.07, 6.45) is 82.3. The summed E-state index contributed by atoms with van der Waals surface area (Å²) >= 11 is 0. The number of aliphatic hydroxyl groups excluding tert-OH is 1. The summed E-state index contributed by atoms with van der Waals surface area (Å²) in [5.74, 6) is -0.233. The summed E-state index contributed by atoms with van der Waals surface area (Å²) in [5, 5.41) is 13.9. The van der Waals surface area contributed by atoms with Crippen LogP contribution in [0.25, 0.3) is 0 Å². The first kappa shape index (κ1) is 73.4. The Hall–Kier alpha value is -2.58. The summed E-state index contributed by atoms with van der Waals surface area (Å²) in [7, 11) is 1.22. The minimum atomic E-state index is -4.62. The van der Waals surface area contributed by atoms with Crippen LogP contribution in [-0.2, 0) is 18.4 Å². The maximum atomic E-state index is 13.0. The Morgan fingerprint density at radius 1 is 0.474 bits per heavy atom. The quantitative estimate of drug-likeness (QED) is 0.0272. The summed E-state index contributed by atoms with van der Waals surface area (Å²) in [6.45, 7) is 4.51. The van der Waals surface area contributed by atoms with Gasteiger partial charge in [0.25, 0.3) is 7.82 Å². The van der Waals surface area contributed by atoms with Crippen LogP contribution in [0.1, 0.15) is 271 Å². The molecule has 2 N–H and O–H groups in total. The average molecular weight is 1080 g/mol. The van der Waals surface area contributed by atoms with Crippen molar-refractivity contribution in [2.75, 3.05) is 40.9 Å². The lowest BCUT2D eigenvalue weighted by molar-refractivity contribution is -0.870. The Balaban J connectivity index is 4.23. The molecular weight excluding hydrogens is 960 g/mol. The molecule has 9 heteroatoms. The van der Waals surface area contributed by atoms with E-state index < -0.39 is 26.6 Å². The van der Waals surface area contributed by atoms with Crippen LogP contribution in [0.3, 0.4) is 0 Å². The number of likely N-dealkylation sites (N-methyl/N-ethyl adjacent to an activating group) is 1. The van der Waals surface area contributed by atoms with Gasteiger partial charge in [-0.25, -0.2) is 0 Å². The van der Waals surface area contributed by atoms with Gasteiger partial charge in [0.05, 0.1) is 39.9 Å². The Labute approximate surface area is 470 Å². The van der Waals surface area contributed by atoms with E-state index in [0.29, 0.717) is 17.4 Å². The van der Waals surface area contributed by atoms with Gasteiger partial charge < -0.3 is 28.8 Å². The van der Waals surface area contributed by atoms with E-state index in [1.807, 2.05) is 27.2 Å². The molecule has 3 unspecified atom stereocenters. The lowest BCUT2D eigenvalue weighted by Gasteiger charge is -2.29. The molecule has 8 nitrogen and oxygen atoms in total. The van der Waals surface area contributed by atoms with E-state index in [2.05, 4.69) is 104 Å². The summed E-state index contributed by atoms with van der Waals surface area (Å²) in [5.41, 5.74) is 0. The molecule has 1 amide bonds. The van der Waals surface area contributed by atoms with Crippen molar-refractivity contribution < 1.29 is 32.9 Å². The van der Waals surface area contributed by atoms with Gasteiger partial charge in [-0.2, -0.15) is 0 Å². The van der Waals surface area contributed by atoms with Crippen LogP contribution in [-0.4, -0.2) is 68.5 Å². The Morgan fingerprint density at radius 3 is 1.22 bits per heavy atom. The molecule has 0 aliphatic carbocycles. The number of carbonyl (C=O) groups is 1. The van der Waals surface area contributed by atoms with Crippen LogP contribution < -0.4 is 10.2 Å². The number of aliphatic hydroxyl groups is 1. The number of rotatable bonds is 57. The maximum absolute atomic E-state index is 13.0. The highest BCUT2D eigenvalue weighted by atomic mass is 31.2. The molecule has 0 saturated heterocycles. The molecule has 0 radical (unpaired) electrons. The zero-order valence-electron chi connectivity index (χ0n) is 50.2. The third kappa shape index (κ3) is 59.1. The zero-order valence-corrected chi connectivity index (χ0v) is 51.1. The molecule has 0 saturated carbocycles. The second-order valence-corrected chi connectivity index (χ2v) is 23.8. The summed E-state index contributed by atoms with van der Waals surface area (Å²) in [4.78, 5) is 25.5. The number of hydrogen-bond donors (Lipinski definition) is 2. The van der Waals surface area contributed by atoms with Gasteiger partial charge in [-0.3, -0.25) is 9.36 Å². The molecule has 0 aromatic carbocycles. The van der Waals surface area contributed by atoms with Gasteiger partial charge in [-0.05, 0) is 83.5 Å². The van der Waals surface area contributed by atoms with E-state index in [1.165, 1.54) is 161 Å². The number of allylic oxidation sites excluding steroid dienone is 15. The molecule has 0 aromatic rings. The first-order valence-electron chi connectivity index (χ1n) is 31.6. The largest absolute Gasteiger partial charge is 0.756 e. The molecule has 3 atom stereocenters. The number of quaternary nitrogens is 1. The molecule has 0 heterocycles. The zero-order chi connectivity index (χ0) is 55.6. The van der Waals surface area contributed by atoms with Crippen molar-refractivity contribution >= 4 is 13.7 Å². The number of phosphoric acid groups is 1.